The third-order valence-electron chi connectivity index (χ3n) is 5.60. The molecule has 1 aliphatic carbocycles. The first-order valence-corrected chi connectivity index (χ1v) is 10.0. The second-order valence-corrected chi connectivity index (χ2v) is 9.20. The molecule has 1 aliphatic rings. The van der Waals surface area contributed by atoms with Crippen molar-refractivity contribution in [3.05, 3.63) is 65.0 Å². The molecule has 2 aromatic rings. The lowest BCUT2D eigenvalue weighted by Gasteiger charge is -2.04. The molecule has 25 heavy (non-hydrogen) atoms. The van der Waals surface area contributed by atoms with Crippen LogP contribution in [0.25, 0.3) is 0 Å². The highest BCUT2D eigenvalue weighted by Crippen LogP contribution is 2.66. The first-order chi connectivity index (χ1) is 11.6. The summed E-state index contributed by atoms with van der Waals surface area (Å²) in [5.74, 6) is 0.734. The molecule has 3 rings (SSSR count). The number of hydrogen-bond donors (Lipinski definition) is 1. The predicted molar refractivity (Wildman–Crippen MR) is 97.3 cm³/mol. The van der Waals surface area contributed by atoms with Crippen LogP contribution in [0.15, 0.2) is 47.4 Å². The van der Waals surface area contributed by atoms with Crippen LogP contribution < -0.4 is 5.14 Å². The third-order valence-corrected chi connectivity index (χ3v) is 6.53. The number of aryl methyl sites for hydroxylation is 2. The van der Waals surface area contributed by atoms with E-state index in [0.717, 1.165) is 24.0 Å². The van der Waals surface area contributed by atoms with Gasteiger partial charge in [0.25, 0.3) is 0 Å². The van der Waals surface area contributed by atoms with Crippen molar-refractivity contribution in [2.75, 3.05) is 0 Å². The van der Waals surface area contributed by atoms with Gasteiger partial charge in [0, 0.05) is 0 Å². The van der Waals surface area contributed by atoms with E-state index in [1.165, 1.54) is 0 Å². The van der Waals surface area contributed by atoms with Crippen LogP contribution in [0.5, 0.6) is 0 Å². The highest BCUT2D eigenvalue weighted by molar-refractivity contribution is 7.89. The molecule has 2 unspecified atom stereocenters. The predicted octanol–water partition coefficient (Wildman–Crippen LogP) is 4.15. The summed E-state index contributed by atoms with van der Waals surface area (Å²) in [5.41, 5.74) is 2.99. The van der Waals surface area contributed by atoms with Crippen LogP contribution in [-0.4, -0.2) is 8.42 Å². The van der Waals surface area contributed by atoms with Gasteiger partial charge in [-0.3, -0.25) is 0 Å². The topological polar surface area (TPSA) is 60.2 Å². The van der Waals surface area contributed by atoms with Crippen LogP contribution in [-0.2, 0) is 16.4 Å². The van der Waals surface area contributed by atoms with Gasteiger partial charge in [-0.05, 0) is 71.9 Å². The smallest absolute Gasteiger partial charge is 0.225 e. The summed E-state index contributed by atoms with van der Waals surface area (Å²) >= 11 is 0. The van der Waals surface area contributed by atoms with Crippen LogP contribution >= 0.6 is 0 Å². The number of hydrogen-bond acceptors (Lipinski definition) is 2. The van der Waals surface area contributed by atoms with Gasteiger partial charge in [-0.1, -0.05) is 38.1 Å². The van der Waals surface area contributed by atoms with Gasteiger partial charge < -0.3 is 0 Å². The Hall–Kier alpha value is -1.72. The van der Waals surface area contributed by atoms with Crippen molar-refractivity contribution in [2.45, 2.75) is 44.4 Å². The number of rotatable bonds is 5. The fraction of sp³-hybridized carbons (Fsp3) is 0.400. The zero-order valence-electron chi connectivity index (χ0n) is 14.8. The summed E-state index contributed by atoms with van der Waals surface area (Å²) in [6, 6.07) is 12.3. The molecule has 3 nitrogen and oxygen atoms in total. The molecule has 0 heterocycles. The molecule has 0 amide bonds. The van der Waals surface area contributed by atoms with Crippen molar-refractivity contribution in [2.24, 2.45) is 16.5 Å². The van der Waals surface area contributed by atoms with Crippen LogP contribution in [0.4, 0.5) is 4.39 Å². The lowest BCUT2D eigenvalue weighted by molar-refractivity contribution is 0.529. The Labute approximate surface area is 149 Å². The summed E-state index contributed by atoms with van der Waals surface area (Å²) in [6.07, 6.45) is 1.83. The van der Waals surface area contributed by atoms with Crippen molar-refractivity contribution >= 4 is 10.0 Å². The van der Waals surface area contributed by atoms with Gasteiger partial charge in [-0.15, -0.1) is 0 Å². The maximum atomic E-state index is 13.7. The van der Waals surface area contributed by atoms with Gasteiger partial charge in [-0.2, -0.15) is 0 Å². The van der Waals surface area contributed by atoms with E-state index in [2.05, 4.69) is 13.8 Å². The molecule has 0 bridgehead atoms. The monoisotopic (exact) mass is 361 g/mol. The Morgan fingerprint density at radius 2 is 1.76 bits per heavy atom. The fourth-order valence-corrected chi connectivity index (χ4v) is 4.44. The molecule has 5 heteroatoms. The number of benzene rings is 2. The summed E-state index contributed by atoms with van der Waals surface area (Å²) < 4.78 is 36.4. The molecule has 2 N–H and O–H groups in total. The van der Waals surface area contributed by atoms with Crippen molar-refractivity contribution in [1.29, 1.82) is 0 Å². The van der Waals surface area contributed by atoms with E-state index in [1.807, 2.05) is 24.3 Å². The molecule has 0 aromatic heterocycles. The van der Waals surface area contributed by atoms with Gasteiger partial charge in [-0.25, -0.2) is 17.9 Å². The lowest BCUT2D eigenvalue weighted by Crippen LogP contribution is -2.11. The highest BCUT2D eigenvalue weighted by Gasteiger charge is 2.57. The van der Waals surface area contributed by atoms with Crippen LogP contribution in [0.1, 0.15) is 42.9 Å². The average molecular weight is 361 g/mol. The Balaban J connectivity index is 1.70. The summed E-state index contributed by atoms with van der Waals surface area (Å²) in [7, 11) is -3.66. The number of halogens is 1. The molecule has 0 spiro atoms. The third kappa shape index (κ3) is 3.62. The van der Waals surface area contributed by atoms with Crippen LogP contribution in [0.3, 0.4) is 0 Å². The van der Waals surface area contributed by atoms with Crippen molar-refractivity contribution in [3.8, 4) is 0 Å². The van der Waals surface area contributed by atoms with Crippen molar-refractivity contribution in [1.82, 2.24) is 0 Å². The quantitative estimate of drug-likeness (QED) is 0.869. The van der Waals surface area contributed by atoms with E-state index in [1.54, 1.807) is 25.1 Å². The van der Waals surface area contributed by atoms with E-state index in [-0.39, 0.29) is 16.1 Å². The zero-order chi connectivity index (χ0) is 18.4. The largest absolute Gasteiger partial charge is 0.238 e. The van der Waals surface area contributed by atoms with E-state index in [0.29, 0.717) is 17.4 Å². The summed E-state index contributed by atoms with van der Waals surface area (Å²) in [4.78, 5) is 0.140. The number of nitrogens with two attached hydrogens (primary N) is 1. The van der Waals surface area contributed by atoms with E-state index in [4.69, 9.17) is 5.14 Å². The Morgan fingerprint density at radius 1 is 1.12 bits per heavy atom. The molecule has 134 valence electrons. The standard InChI is InChI=1S/C20H24FNO2S/c1-13-4-5-14(12-18(13)21)6-11-17-19(20(17,2)3)15-7-9-16(10-8-15)25(22,23)24/h4-5,7-10,12,17,19H,6,11H2,1-3H3,(H2,22,23,24). The normalized spacial score (nSPS) is 22.0. The molecule has 0 saturated heterocycles. The minimum absolute atomic E-state index is 0.140. The van der Waals surface area contributed by atoms with Crippen molar-refractivity contribution in [3.63, 3.8) is 0 Å². The molecule has 1 saturated carbocycles. The fourth-order valence-electron chi connectivity index (χ4n) is 3.92. The Bertz CT molecular complexity index is 888. The van der Waals surface area contributed by atoms with E-state index >= 15 is 0 Å². The van der Waals surface area contributed by atoms with Crippen LogP contribution in [0.2, 0.25) is 0 Å². The van der Waals surface area contributed by atoms with Crippen molar-refractivity contribution < 1.29 is 12.8 Å². The molecule has 2 aromatic carbocycles. The van der Waals surface area contributed by atoms with Gasteiger partial charge in [0.15, 0.2) is 0 Å². The van der Waals surface area contributed by atoms with Gasteiger partial charge >= 0.3 is 0 Å². The summed E-state index contributed by atoms with van der Waals surface area (Å²) in [5, 5.41) is 5.16. The Morgan fingerprint density at radius 3 is 2.32 bits per heavy atom. The SMILES string of the molecule is Cc1ccc(CCC2C(c3ccc(S(N)(=O)=O)cc3)C2(C)C)cc1F. The second kappa shape index (κ2) is 6.22. The first-order valence-electron chi connectivity index (χ1n) is 8.48. The molecule has 2 atom stereocenters. The molecule has 0 aliphatic heterocycles. The first kappa shape index (κ1) is 18.1. The van der Waals surface area contributed by atoms with Crippen LogP contribution in [0, 0.1) is 24.1 Å². The molecular weight excluding hydrogens is 337 g/mol. The lowest BCUT2D eigenvalue weighted by atomic mass is 10.0. The minimum Gasteiger partial charge on any atom is -0.225 e. The second-order valence-electron chi connectivity index (χ2n) is 7.64. The number of sulfonamides is 1. The number of primary sulfonamides is 1. The van der Waals surface area contributed by atoms with Gasteiger partial charge in [0.2, 0.25) is 10.0 Å². The van der Waals surface area contributed by atoms with Gasteiger partial charge in [0.1, 0.15) is 5.82 Å². The Kier molecular flexibility index (Phi) is 4.50. The van der Waals surface area contributed by atoms with E-state index < -0.39 is 10.0 Å². The molecule has 0 radical (unpaired) electrons. The van der Waals surface area contributed by atoms with Gasteiger partial charge in [0.05, 0.1) is 4.90 Å². The zero-order valence-corrected chi connectivity index (χ0v) is 15.6. The van der Waals surface area contributed by atoms with E-state index in [9.17, 15) is 12.8 Å². The maximum Gasteiger partial charge on any atom is 0.238 e. The average Bonchev–Trinajstić information content (AvgIpc) is 3.09. The highest BCUT2D eigenvalue weighted by atomic mass is 32.2. The molecule has 1 fully saturated rings. The minimum atomic E-state index is -3.66. The maximum absolute atomic E-state index is 13.7. The summed E-state index contributed by atoms with van der Waals surface area (Å²) in [6.45, 7) is 6.22. The molecular formula is C20H24FNO2S.